The molecular weight excluding hydrogens is 1670 g/mol. The minimum atomic E-state index is -1.94. The van der Waals surface area contributed by atoms with Crippen molar-refractivity contribution in [1.29, 1.82) is 0 Å². The smallest absolute Gasteiger partial charge is 0.326 e. The molecule has 6 aromatic rings. The van der Waals surface area contributed by atoms with Gasteiger partial charge in [-0.15, -0.1) is 0 Å². The molecule has 129 heavy (non-hydrogen) atoms. The van der Waals surface area contributed by atoms with Crippen molar-refractivity contribution in [1.82, 2.24) is 78.3 Å². The predicted octanol–water partition coefficient (Wildman–Crippen LogP) is 1.07. The van der Waals surface area contributed by atoms with Gasteiger partial charge in [-0.2, -0.15) is 0 Å². The van der Waals surface area contributed by atoms with E-state index < -0.39 is 205 Å². The maximum atomic E-state index is 15.1. The Morgan fingerprint density at radius 2 is 0.783 bits per heavy atom. The zero-order valence-corrected chi connectivity index (χ0v) is 73.7. The molecule has 15 atom stereocenters. The van der Waals surface area contributed by atoms with Gasteiger partial charge >= 0.3 is 17.9 Å². The van der Waals surface area contributed by atoms with Crippen LogP contribution in [0.4, 0.5) is 0 Å². The Hall–Kier alpha value is -13.0. The van der Waals surface area contributed by atoms with E-state index in [-0.39, 0.29) is 126 Å². The summed E-state index contributed by atoms with van der Waals surface area (Å²) in [4.78, 5) is 235. The van der Waals surface area contributed by atoms with Crippen LogP contribution in [0, 0.1) is 17.8 Å². The minimum absolute atomic E-state index is 0.0347. The fraction of sp³-hybridized carbons (Fsp3) is 0.511. The number of para-hydroxylation sites is 2. The van der Waals surface area contributed by atoms with Crippen LogP contribution in [0.5, 0.6) is 11.5 Å². The number of amides is 13. The maximum Gasteiger partial charge on any atom is 0.326 e. The number of carboxylic acids is 3. The fourth-order valence-corrected chi connectivity index (χ4v) is 15.8. The van der Waals surface area contributed by atoms with Crippen molar-refractivity contribution in [3.8, 4) is 11.5 Å². The van der Waals surface area contributed by atoms with Gasteiger partial charge in [0.25, 0.3) is 0 Å². The second-order valence-corrected chi connectivity index (χ2v) is 34.4. The van der Waals surface area contributed by atoms with Gasteiger partial charge in [-0.25, -0.2) is 4.79 Å². The van der Waals surface area contributed by atoms with Crippen LogP contribution in [-0.4, -0.2) is 255 Å². The molecule has 700 valence electrons. The van der Waals surface area contributed by atoms with E-state index in [0.717, 1.165) is 4.90 Å². The molecule has 0 spiro atoms. The first-order chi connectivity index (χ1) is 61.2. The number of unbranched alkanes of at least 4 members (excludes halogenated alkanes) is 1. The third kappa shape index (κ3) is 30.0. The molecule has 2 saturated heterocycles. The highest BCUT2D eigenvalue weighted by molar-refractivity contribution is 6.02. The number of aromatic nitrogens is 2. The second kappa shape index (κ2) is 48.2. The van der Waals surface area contributed by atoms with Crippen molar-refractivity contribution >= 4 is 117 Å². The van der Waals surface area contributed by atoms with Crippen molar-refractivity contribution < 1.29 is 107 Å². The van der Waals surface area contributed by atoms with Crippen LogP contribution in [0.15, 0.2) is 109 Å². The molecule has 13 amide bonds. The third-order valence-electron chi connectivity index (χ3n) is 22.5. The summed E-state index contributed by atoms with van der Waals surface area (Å²) in [5.74, 6) is -17.4. The zero-order chi connectivity index (χ0) is 94.6. The largest absolute Gasteiger partial charge is 0.508 e. The Kier molecular flexibility index (Phi) is 37.9. The summed E-state index contributed by atoms with van der Waals surface area (Å²) in [6, 6.07) is 4.70. The molecule has 2 aromatic heterocycles. The number of carbonyl (C=O) groups excluding carboxylic acids is 13. The molecule has 0 aliphatic carbocycles. The highest BCUT2D eigenvalue weighted by atomic mass is 16.4. The second-order valence-electron chi connectivity index (χ2n) is 34.4. The SMILES string of the molecule is CC(C)C[C@H](NC(=O)[C@H](CCCCN)NC(=O)[C@@H](NC(=O)[C@H](CC(C)C)NC(=O)[C@@H]1CCCN1C(=O)[C@H](CC(=O)O)NC(=O)[C@H](Cc1ccc(O)cc1)NC(=O)[C@H](Cc1c[nH]c2ccccc12)NC(=O)[C@H](Cc1ccc(O)cc1)NC(=O)[C@H](C)N)[C@@H](C)O)C(=O)N[C@@H](Cc1c[nH]c2ccccc12)C(=O)N[C@@H](CC(C)C)C(=O)N1CCC[C@H]1C(=O)N[C@@H](CCC(=O)O)C(=O)O. The Labute approximate surface area is 746 Å². The number of aliphatic hydroxyl groups excluding tert-OH is 1. The van der Waals surface area contributed by atoms with Crippen molar-refractivity contribution in [3.05, 3.63) is 132 Å². The lowest BCUT2D eigenvalue weighted by Crippen LogP contribution is -2.62. The Morgan fingerprint density at radius 3 is 1.21 bits per heavy atom. The van der Waals surface area contributed by atoms with Crippen LogP contribution < -0.4 is 70.0 Å². The number of carbonyl (C=O) groups is 16. The highest BCUT2D eigenvalue weighted by Crippen LogP contribution is 2.27. The summed E-state index contributed by atoms with van der Waals surface area (Å²) in [5.41, 5.74) is 15.1. The molecule has 23 N–H and O–H groups in total. The number of aromatic hydroxyl groups is 2. The Morgan fingerprint density at radius 1 is 0.411 bits per heavy atom. The first-order valence-electron chi connectivity index (χ1n) is 43.6. The molecule has 0 saturated carbocycles. The van der Waals surface area contributed by atoms with E-state index in [1.807, 2.05) is 0 Å². The number of nitrogens with two attached hydrogens (primary N) is 2. The van der Waals surface area contributed by atoms with Crippen molar-refractivity contribution in [2.75, 3.05) is 19.6 Å². The summed E-state index contributed by atoms with van der Waals surface area (Å²) in [5, 5.41) is 91.5. The normalized spacial score (nSPS) is 16.9. The van der Waals surface area contributed by atoms with Gasteiger partial charge in [0, 0.05) is 79.4 Å². The number of carboxylic acid groups (broad SMARTS) is 3. The Balaban J connectivity index is 0.986. The topological polar surface area (TPSA) is 617 Å². The number of aliphatic carboxylic acids is 3. The van der Waals surface area contributed by atoms with Gasteiger partial charge in [0.1, 0.15) is 90.0 Å². The number of phenols is 2. The lowest BCUT2D eigenvalue weighted by atomic mass is 9.98. The van der Waals surface area contributed by atoms with Gasteiger partial charge in [-0.1, -0.05) is 102 Å². The molecule has 39 heteroatoms. The maximum absolute atomic E-state index is 15.1. The third-order valence-corrected chi connectivity index (χ3v) is 22.5. The molecule has 0 unspecified atom stereocenters. The number of likely N-dealkylation sites (tertiary alicyclic amines) is 2. The number of rotatable bonds is 49. The van der Waals surface area contributed by atoms with Crippen molar-refractivity contribution in [2.24, 2.45) is 29.2 Å². The van der Waals surface area contributed by atoms with E-state index in [0.29, 0.717) is 56.9 Å². The number of hydrogen-bond acceptors (Lipinski definition) is 21. The van der Waals surface area contributed by atoms with E-state index >= 15 is 24.0 Å². The van der Waals surface area contributed by atoms with Crippen LogP contribution >= 0.6 is 0 Å². The molecular formula is C90H123N17O22. The molecule has 2 fully saturated rings. The lowest BCUT2D eigenvalue weighted by Gasteiger charge is -2.31. The zero-order valence-electron chi connectivity index (χ0n) is 73.7. The minimum Gasteiger partial charge on any atom is -0.508 e. The van der Waals surface area contributed by atoms with E-state index in [1.165, 1.54) is 67.3 Å². The molecule has 0 bridgehead atoms. The number of fused-ring (bicyclic) bond motifs is 2. The summed E-state index contributed by atoms with van der Waals surface area (Å²) in [6.07, 6.45) is -0.521. The predicted molar refractivity (Wildman–Crippen MR) is 472 cm³/mol. The van der Waals surface area contributed by atoms with Crippen LogP contribution in [0.3, 0.4) is 0 Å². The first kappa shape index (κ1) is 101. The Bertz CT molecular complexity index is 4940. The van der Waals surface area contributed by atoms with Gasteiger partial charge in [0.2, 0.25) is 76.8 Å². The first-order valence-corrected chi connectivity index (χ1v) is 43.6. The molecule has 39 nitrogen and oxygen atoms in total. The molecule has 4 heterocycles. The number of hydrogen-bond donors (Lipinski definition) is 21. The molecule has 2 aliphatic heterocycles. The van der Waals surface area contributed by atoms with Gasteiger partial charge in [-0.05, 0) is 167 Å². The van der Waals surface area contributed by atoms with Gasteiger partial charge in [-0.3, -0.25) is 71.9 Å². The number of phenolic OH excluding ortho intramolecular Hbond substituents is 2. The number of aliphatic hydroxyl groups is 1. The van der Waals surface area contributed by atoms with Gasteiger partial charge in [0.05, 0.1) is 18.6 Å². The van der Waals surface area contributed by atoms with E-state index in [9.17, 15) is 83.4 Å². The number of H-pyrrole nitrogens is 2. The quantitative estimate of drug-likeness (QED) is 0.0238. The lowest BCUT2D eigenvalue weighted by molar-refractivity contribution is -0.146. The van der Waals surface area contributed by atoms with Crippen LogP contribution in [0.2, 0.25) is 0 Å². The molecule has 0 radical (unpaired) electrons. The molecule has 2 aliphatic rings. The summed E-state index contributed by atoms with van der Waals surface area (Å²) >= 11 is 0. The van der Waals surface area contributed by atoms with Crippen LogP contribution in [0.1, 0.15) is 161 Å². The summed E-state index contributed by atoms with van der Waals surface area (Å²) < 4.78 is 0. The standard InChI is InChI=1S/C90H123N17O22/c1-47(2)37-64(79(117)100-69(43-55-46-94-61-20-12-10-18-59(55)61)83(121)103-70(39-49(5)6)88(126)106-35-15-22-72(106)85(123)96-63(90(128)129)32-33-74(111)112)98-78(116)62(21-13-14-34-91)95-87(125)76(51(8)108)105-84(122)65(38-48(3)4)102-86(124)73-23-16-36-107(73)89(127)71(44-75(113)114)104-81(119)67(41-53-26-30-57(110)31-27-53)99-82(120)68(42-54-45-93-60-19-11-9-17-58(54)60)101-80(118)66(97-77(115)50(7)92)40-52-24-28-56(109)29-25-52/h9-12,17-20,24-31,45-51,62-73,76,93-94,108-110H,13-16,21-23,32-44,91-92H2,1-8H3,(H,95,125)(H,96,123)(H,97,115)(H,98,116)(H,99,120)(H,100,117)(H,101,118)(H,102,124)(H,103,121)(H,104,119)(H,105,122)(H,111,112)(H,113,114)(H,128,129)/t50-,51+,62-,63-,64-,65-,66-,67-,68-,69-,70-,71-,72-,73-,76-/m0/s1. The van der Waals surface area contributed by atoms with Crippen molar-refractivity contribution in [3.63, 3.8) is 0 Å². The van der Waals surface area contributed by atoms with Gasteiger partial charge in [0.15, 0.2) is 0 Å². The molecule has 8 rings (SSSR count). The average molecular weight is 1800 g/mol. The fourth-order valence-electron chi connectivity index (χ4n) is 15.8. The van der Waals surface area contributed by atoms with Gasteiger partial charge < -0.3 is 120 Å². The number of benzene rings is 4. The van der Waals surface area contributed by atoms with Crippen LogP contribution in [-0.2, 0) is 102 Å². The average Bonchev–Trinajstić information content (AvgIpc) is 1.65. The number of nitrogens with zero attached hydrogens (tertiary/aromatic N) is 2. The number of aromatic amines is 2. The van der Waals surface area contributed by atoms with E-state index in [2.05, 4.69) is 68.5 Å². The van der Waals surface area contributed by atoms with Crippen molar-refractivity contribution in [2.45, 2.75) is 255 Å². The van der Waals surface area contributed by atoms with Crippen LogP contribution in [0.25, 0.3) is 21.8 Å². The molecule has 4 aromatic carbocycles. The monoisotopic (exact) mass is 1790 g/mol. The number of nitrogens with one attached hydrogen (secondary N) is 13. The van der Waals surface area contributed by atoms with E-state index in [1.54, 1.807) is 102 Å². The van der Waals surface area contributed by atoms with E-state index in [4.69, 9.17) is 11.5 Å². The summed E-state index contributed by atoms with van der Waals surface area (Å²) in [7, 11) is 0. The summed E-state index contributed by atoms with van der Waals surface area (Å²) in [6.45, 7) is 13.2. The highest BCUT2D eigenvalue weighted by Gasteiger charge is 2.45.